The smallest absolute Gasteiger partial charge is 0.220 e. The van der Waals surface area contributed by atoms with Gasteiger partial charge >= 0.3 is 0 Å². The van der Waals surface area contributed by atoms with Gasteiger partial charge in [-0.15, -0.1) is 0 Å². The molecule has 1 spiro atoms. The van der Waals surface area contributed by atoms with Crippen LogP contribution < -0.4 is 15.4 Å². The van der Waals surface area contributed by atoms with E-state index in [0.717, 1.165) is 0 Å². The molecule has 0 radical (unpaired) electrons. The van der Waals surface area contributed by atoms with E-state index in [0.29, 0.717) is 46.8 Å². The summed E-state index contributed by atoms with van der Waals surface area (Å²) in [5, 5.41) is 5.88. The molecule has 0 fully saturated rings. The van der Waals surface area contributed by atoms with Gasteiger partial charge in [0.25, 0.3) is 0 Å². The number of rotatable bonds is 5. The molecule has 2 aromatic rings. The molecule has 8 nitrogen and oxygen atoms in total. The Morgan fingerprint density at radius 1 is 1.34 bits per heavy atom. The second kappa shape index (κ2) is 8.90. The van der Waals surface area contributed by atoms with E-state index in [1.54, 1.807) is 36.7 Å². The largest absolute Gasteiger partial charge is 0.455 e. The van der Waals surface area contributed by atoms with Crippen molar-refractivity contribution in [1.82, 2.24) is 15.6 Å². The highest BCUT2D eigenvalue weighted by Gasteiger charge is 2.49. The van der Waals surface area contributed by atoms with Crippen molar-refractivity contribution in [2.24, 2.45) is 10.4 Å². The van der Waals surface area contributed by atoms with Crippen LogP contribution >= 0.6 is 0 Å². The number of aliphatic imine (C=N–C) groups is 1. The van der Waals surface area contributed by atoms with Crippen LogP contribution in [0.1, 0.15) is 26.3 Å². The fourth-order valence-corrected chi connectivity index (χ4v) is 4.28. The maximum absolute atomic E-state index is 14.5. The highest BCUT2D eigenvalue weighted by atomic mass is 19.1. The van der Waals surface area contributed by atoms with E-state index >= 15 is 0 Å². The summed E-state index contributed by atoms with van der Waals surface area (Å²) in [5.74, 6) is 0.511. The molecule has 3 atom stereocenters. The summed E-state index contributed by atoms with van der Waals surface area (Å²) in [6, 6.07) is 8.70. The number of carbonyl (C=O) groups excluding carboxylic acids is 1. The van der Waals surface area contributed by atoms with Crippen molar-refractivity contribution in [3.63, 3.8) is 0 Å². The van der Waals surface area contributed by atoms with Crippen molar-refractivity contribution < 1.29 is 23.4 Å². The van der Waals surface area contributed by atoms with E-state index in [4.69, 9.17) is 14.2 Å². The third-order valence-electron chi connectivity index (χ3n) is 5.85. The number of nitrogens with one attached hydrogen (secondary N) is 2. The third kappa shape index (κ3) is 4.44. The number of ether oxygens (including phenoxy) is 3. The number of aromatic nitrogens is 1. The molecule has 0 aliphatic carbocycles. The number of hydrogen-bond acceptors (Lipinski definition) is 7. The Morgan fingerprint density at radius 2 is 2.20 bits per heavy atom. The predicted octanol–water partition coefficient (Wildman–Crippen LogP) is 3.41. The molecule has 3 aliphatic rings. The second-order valence-electron chi connectivity index (χ2n) is 9.82. The van der Waals surface area contributed by atoms with Gasteiger partial charge in [0.2, 0.25) is 12.4 Å². The summed E-state index contributed by atoms with van der Waals surface area (Å²) >= 11 is 0. The van der Waals surface area contributed by atoms with Gasteiger partial charge < -0.3 is 24.8 Å². The molecule has 0 bridgehead atoms. The monoisotopic (exact) mass is 478 g/mol. The lowest BCUT2D eigenvalue weighted by Gasteiger charge is -2.44. The maximum Gasteiger partial charge on any atom is 0.220 e. The molecule has 0 saturated heterocycles. The quantitative estimate of drug-likeness (QED) is 0.505. The van der Waals surface area contributed by atoms with Gasteiger partial charge in [-0.25, -0.2) is 4.98 Å². The molecule has 1 aromatic carbocycles. The van der Waals surface area contributed by atoms with Crippen LogP contribution in [0.2, 0.25) is 0 Å². The molecule has 4 heterocycles. The summed E-state index contributed by atoms with van der Waals surface area (Å²) in [6.07, 6.45) is 6.27. The number of dihydropyridines is 1. The van der Waals surface area contributed by atoms with Gasteiger partial charge in [0, 0.05) is 35.3 Å². The van der Waals surface area contributed by atoms with Crippen molar-refractivity contribution in [3.8, 4) is 16.9 Å². The number of nitrogens with zero attached hydrogens (tertiary/aromatic N) is 2. The van der Waals surface area contributed by atoms with Crippen molar-refractivity contribution in [2.75, 3.05) is 13.2 Å². The zero-order valence-electron chi connectivity index (χ0n) is 19.7. The molecular formula is C26H27FN4O4. The Morgan fingerprint density at radius 3 is 2.97 bits per heavy atom. The minimum Gasteiger partial charge on any atom is -0.455 e. The molecular weight excluding hydrogens is 451 g/mol. The molecule has 5 rings (SSSR count). The lowest BCUT2D eigenvalue weighted by atomic mass is 9.80. The number of amides is 1. The number of halogens is 1. The average Bonchev–Trinajstić information content (AvgIpc) is 2.83. The fraction of sp³-hybridized carbons (Fsp3) is 0.346. The first kappa shape index (κ1) is 23.2. The minimum absolute atomic E-state index is 0.0258. The van der Waals surface area contributed by atoms with Gasteiger partial charge in [0.1, 0.15) is 17.7 Å². The van der Waals surface area contributed by atoms with Gasteiger partial charge in [0.15, 0.2) is 11.8 Å². The van der Waals surface area contributed by atoms with Crippen LogP contribution in [0, 0.1) is 11.4 Å². The number of carbonyl (C=O) groups is 1. The summed E-state index contributed by atoms with van der Waals surface area (Å²) in [7, 11) is 0. The summed E-state index contributed by atoms with van der Waals surface area (Å²) in [5.41, 5.74) is 1.09. The van der Waals surface area contributed by atoms with Crippen molar-refractivity contribution in [2.45, 2.75) is 38.8 Å². The van der Waals surface area contributed by atoms with Crippen LogP contribution in [0.3, 0.4) is 0 Å². The number of benzene rings is 1. The third-order valence-corrected chi connectivity index (χ3v) is 5.85. The Bertz CT molecular complexity index is 1240. The van der Waals surface area contributed by atoms with Crippen LogP contribution in [-0.2, 0) is 19.9 Å². The second-order valence-corrected chi connectivity index (χ2v) is 9.82. The minimum atomic E-state index is -1.18. The molecule has 9 heteroatoms. The first-order valence-electron chi connectivity index (χ1n) is 11.4. The van der Waals surface area contributed by atoms with Crippen LogP contribution in [0.25, 0.3) is 11.1 Å². The van der Waals surface area contributed by atoms with Crippen LogP contribution in [0.5, 0.6) is 5.75 Å². The molecule has 35 heavy (non-hydrogen) atoms. The van der Waals surface area contributed by atoms with E-state index in [1.165, 1.54) is 6.20 Å². The standard InChI is InChI=1S/C26H27FN4O4/c1-25(2,3)14-33-22-10-19-21(11-30-22)34-20-7-6-16(17-5-4-8-29-24(17)27)9-18(20)26(19)13-28-12-23(35-26)31-15-32/h4-11,13,15,22-23,30H,12,14H2,1-3H3,(H,31,32)/t22?,23-,26?/m0/s1. The summed E-state index contributed by atoms with van der Waals surface area (Å²) in [4.78, 5) is 19.5. The van der Waals surface area contributed by atoms with Crippen LogP contribution in [-0.4, -0.2) is 43.2 Å². The highest BCUT2D eigenvalue weighted by molar-refractivity contribution is 5.84. The van der Waals surface area contributed by atoms with Crippen LogP contribution in [0.15, 0.2) is 65.1 Å². The van der Waals surface area contributed by atoms with Gasteiger partial charge in [0.05, 0.1) is 13.2 Å². The van der Waals surface area contributed by atoms with Crippen molar-refractivity contribution in [3.05, 3.63) is 71.6 Å². The zero-order chi connectivity index (χ0) is 24.6. The Hall–Kier alpha value is -3.56. The van der Waals surface area contributed by atoms with Gasteiger partial charge in [-0.3, -0.25) is 9.79 Å². The van der Waals surface area contributed by atoms with E-state index in [-0.39, 0.29) is 12.0 Å². The Kier molecular flexibility index (Phi) is 5.90. The summed E-state index contributed by atoms with van der Waals surface area (Å²) < 4.78 is 33.3. The predicted molar refractivity (Wildman–Crippen MR) is 128 cm³/mol. The van der Waals surface area contributed by atoms with E-state index in [2.05, 4.69) is 41.4 Å². The summed E-state index contributed by atoms with van der Waals surface area (Å²) in [6.45, 7) is 7.07. The Balaban J connectivity index is 1.63. The molecule has 2 unspecified atom stereocenters. The molecule has 1 aromatic heterocycles. The molecule has 2 N–H and O–H groups in total. The van der Waals surface area contributed by atoms with Crippen molar-refractivity contribution >= 4 is 12.6 Å². The van der Waals surface area contributed by atoms with Gasteiger partial charge in [-0.2, -0.15) is 4.39 Å². The average molecular weight is 479 g/mol. The lowest BCUT2D eigenvalue weighted by Crippen LogP contribution is -2.51. The van der Waals surface area contributed by atoms with Crippen LogP contribution in [0.4, 0.5) is 4.39 Å². The molecule has 3 aliphatic heterocycles. The first-order chi connectivity index (χ1) is 16.8. The fourth-order valence-electron chi connectivity index (χ4n) is 4.28. The molecule has 1 amide bonds. The zero-order valence-corrected chi connectivity index (χ0v) is 19.7. The number of pyridine rings is 1. The molecule has 182 valence electrons. The highest BCUT2D eigenvalue weighted by Crippen LogP contribution is 2.49. The topological polar surface area (TPSA) is 94.1 Å². The SMILES string of the molecule is CC(C)(C)COC1C=C2C(=CN1)Oc1ccc(-c3cccnc3F)cc1C21C=NC[C@@H](NC=O)O1. The maximum atomic E-state index is 14.5. The lowest BCUT2D eigenvalue weighted by molar-refractivity contribution is -0.117. The normalized spacial score (nSPS) is 24.9. The molecule has 0 saturated carbocycles. The van der Waals surface area contributed by atoms with E-state index in [1.807, 2.05) is 12.1 Å². The van der Waals surface area contributed by atoms with Gasteiger partial charge in [-0.1, -0.05) is 26.8 Å². The van der Waals surface area contributed by atoms with Gasteiger partial charge in [-0.05, 0) is 41.3 Å². The van der Waals surface area contributed by atoms with E-state index < -0.39 is 24.0 Å². The first-order valence-corrected chi connectivity index (χ1v) is 11.4. The van der Waals surface area contributed by atoms with E-state index in [9.17, 15) is 9.18 Å². The Labute approximate surface area is 202 Å². The number of fused-ring (bicyclic) bond motifs is 4. The number of hydrogen-bond donors (Lipinski definition) is 2. The van der Waals surface area contributed by atoms with Crippen molar-refractivity contribution in [1.29, 1.82) is 0 Å².